The molecule has 0 N–H and O–H groups in total. The zero-order chi connectivity index (χ0) is 19.6. The molecule has 1 aliphatic rings. The quantitative estimate of drug-likeness (QED) is 0.765. The molecule has 7 nitrogen and oxygen atoms in total. The van der Waals surface area contributed by atoms with Crippen LogP contribution in [-0.4, -0.2) is 53.9 Å². The second-order valence-corrected chi connectivity index (χ2v) is 6.79. The maximum atomic E-state index is 13.8. The van der Waals surface area contributed by atoms with Gasteiger partial charge in [0.05, 0.1) is 7.11 Å². The van der Waals surface area contributed by atoms with Gasteiger partial charge in [0.1, 0.15) is 5.82 Å². The van der Waals surface area contributed by atoms with Gasteiger partial charge in [-0.25, -0.2) is 9.18 Å². The standard InChI is InChI=1S/C19H25FN4O3/c1-21-17(13-18(25)22(2)19(21)26)24-10-8-23(9-11-24)7-6-14-4-5-16(27-3)15(20)12-14/h4-5,12-13H,6-11H2,1-3H3. The van der Waals surface area contributed by atoms with Crippen LogP contribution in [0.2, 0.25) is 0 Å². The van der Waals surface area contributed by atoms with Crippen molar-refractivity contribution in [3.05, 3.63) is 56.5 Å². The molecule has 0 unspecified atom stereocenters. The maximum absolute atomic E-state index is 13.8. The highest BCUT2D eigenvalue weighted by Crippen LogP contribution is 2.18. The van der Waals surface area contributed by atoms with Gasteiger partial charge in [-0.15, -0.1) is 0 Å². The minimum Gasteiger partial charge on any atom is -0.494 e. The van der Waals surface area contributed by atoms with Crippen molar-refractivity contribution in [2.24, 2.45) is 14.1 Å². The van der Waals surface area contributed by atoms with Crippen LogP contribution in [0.5, 0.6) is 5.75 Å². The molecule has 1 saturated heterocycles. The molecular formula is C19H25FN4O3. The van der Waals surface area contributed by atoms with E-state index in [-0.39, 0.29) is 22.8 Å². The molecule has 1 aliphatic heterocycles. The first-order chi connectivity index (χ1) is 12.9. The summed E-state index contributed by atoms with van der Waals surface area (Å²) in [6.45, 7) is 3.94. The van der Waals surface area contributed by atoms with Crippen LogP contribution in [0, 0.1) is 5.82 Å². The van der Waals surface area contributed by atoms with Crippen LogP contribution in [0.1, 0.15) is 5.56 Å². The normalized spacial score (nSPS) is 15.2. The van der Waals surface area contributed by atoms with Crippen molar-refractivity contribution in [1.29, 1.82) is 0 Å². The smallest absolute Gasteiger partial charge is 0.332 e. The van der Waals surface area contributed by atoms with E-state index in [1.165, 1.54) is 30.9 Å². The third-order valence-corrected chi connectivity index (χ3v) is 5.13. The summed E-state index contributed by atoms with van der Waals surface area (Å²) in [5.74, 6) is 0.568. The number of aromatic nitrogens is 2. The second kappa shape index (κ2) is 7.96. The van der Waals surface area contributed by atoms with E-state index in [4.69, 9.17) is 4.74 Å². The first-order valence-electron chi connectivity index (χ1n) is 8.97. The molecule has 0 saturated carbocycles. The predicted octanol–water partition coefficient (Wildman–Crippen LogP) is 0.596. The van der Waals surface area contributed by atoms with E-state index < -0.39 is 0 Å². The van der Waals surface area contributed by atoms with Crippen LogP contribution in [0.25, 0.3) is 0 Å². The molecule has 8 heteroatoms. The lowest BCUT2D eigenvalue weighted by Crippen LogP contribution is -2.49. The van der Waals surface area contributed by atoms with E-state index in [9.17, 15) is 14.0 Å². The van der Waals surface area contributed by atoms with Crippen molar-refractivity contribution in [2.75, 3.05) is 44.7 Å². The van der Waals surface area contributed by atoms with Crippen molar-refractivity contribution in [3.63, 3.8) is 0 Å². The van der Waals surface area contributed by atoms with E-state index in [2.05, 4.69) is 9.80 Å². The predicted molar refractivity (Wildman–Crippen MR) is 102 cm³/mol. The SMILES string of the molecule is COc1ccc(CCN2CCN(c3cc(=O)n(C)c(=O)n3C)CC2)cc1F. The summed E-state index contributed by atoms with van der Waals surface area (Å²) in [7, 11) is 4.62. The summed E-state index contributed by atoms with van der Waals surface area (Å²) in [5, 5.41) is 0. The molecular weight excluding hydrogens is 351 g/mol. The number of halogens is 1. The number of nitrogens with zero attached hydrogens (tertiary/aromatic N) is 4. The highest BCUT2D eigenvalue weighted by atomic mass is 19.1. The number of piperazine rings is 1. The summed E-state index contributed by atoms with van der Waals surface area (Å²) >= 11 is 0. The fraction of sp³-hybridized carbons (Fsp3) is 0.474. The molecule has 3 rings (SSSR count). The van der Waals surface area contributed by atoms with Crippen LogP contribution in [0.15, 0.2) is 33.9 Å². The van der Waals surface area contributed by atoms with Gasteiger partial charge in [-0.05, 0) is 24.1 Å². The lowest BCUT2D eigenvalue weighted by atomic mass is 10.1. The van der Waals surface area contributed by atoms with Crippen LogP contribution < -0.4 is 20.9 Å². The third-order valence-electron chi connectivity index (χ3n) is 5.13. The summed E-state index contributed by atoms with van der Waals surface area (Å²) in [6.07, 6.45) is 0.755. The summed E-state index contributed by atoms with van der Waals surface area (Å²) in [6, 6.07) is 6.56. The molecule has 0 spiro atoms. The number of rotatable bonds is 5. The molecule has 0 bridgehead atoms. The Morgan fingerprint density at radius 3 is 2.37 bits per heavy atom. The highest BCUT2D eigenvalue weighted by molar-refractivity contribution is 5.39. The largest absolute Gasteiger partial charge is 0.494 e. The Hall–Kier alpha value is -2.61. The van der Waals surface area contributed by atoms with Crippen LogP contribution in [0.3, 0.4) is 0 Å². The average molecular weight is 376 g/mol. The minimum atomic E-state index is -0.341. The number of hydrogen-bond acceptors (Lipinski definition) is 5. The molecule has 2 aromatic rings. The molecule has 146 valence electrons. The molecule has 0 radical (unpaired) electrons. The maximum Gasteiger partial charge on any atom is 0.332 e. The lowest BCUT2D eigenvalue weighted by molar-refractivity contribution is 0.259. The Balaban J connectivity index is 1.59. The van der Waals surface area contributed by atoms with Gasteiger partial charge >= 0.3 is 5.69 Å². The van der Waals surface area contributed by atoms with Crippen molar-refractivity contribution in [3.8, 4) is 5.75 Å². The summed E-state index contributed by atoms with van der Waals surface area (Å²) in [5.41, 5.74) is 0.322. The number of methoxy groups -OCH3 is 1. The van der Waals surface area contributed by atoms with E-state index in [0.29, 0.717) is 5.82 Å². The highest BCUT2D eigenvalue weighted by Gasteiger charge is 2.20. The Morgan fingerprint density at radius 1 is 1.04 bits per heavy atom. The van der Waals surface area contributed by atoms with Crippen LogP contribution in [0.4, 0.5) is 10.2 Å². The van der Waals surface area contributed by atoms with Crippen LogP contribution >= 0.6 is 0 Å². The van der Waals surface area contributed by atoms with Gasteiger partial charge in [-0.3, -0.25) is 18.8 Å². The van der Waals surface area contributed by atoms with E-state index in [0.717, 1.165) is 49.3 Å². The molecule has 2 heterocycles. The monoisotopic (exact) mass is 376 g/mol. The second-order valence-electron chi connectivity index (χ2n) is 6.79. The van der Waals surface area contributed by atoms with Gasteiger partial charge in [0.15, 0.2) is 11.6 Å². The summed E-state index contributed by atoms with van der Waals surface area (Å²) in [4.78, 5) is 28.4. The Kier molecular flexibility index (Phi) is 5.65. The minimum absolute atomic E-state index is 0.256. The fourth-order valence-electron chi connectivity index (χ4n) is 3.38. The van der Waals surface area contributed by atoms with Crippen molar-refractivity contribution >= 4 is 5.82 Å². The first kappa shape index (κ1) is 19.2. The Bertz CT molecular complexity index is 930. The van der Waals surface area contributed by atoms with E-state index in [1.54, 1.807) is 13.1 Å². The number of benzene rings is 1. The van der Waals surface area contributed by atoms with Crippen molar-refractivity contribution < 1.29 is 9.13 Å². The van der Waals surface area contributed by atoms with Gasteiger partial charge in [0, 0.05) is 52.9 Å². The van der Waals surface area contributed by atoms with Gasteiger partial charge in [-0.2, -0.15) is 0 Å². The zero-order valence-corrected chi connectivity index (χ0v) is 15.9. The number of ether oxygens (including phenoxy) is 1. The van der Waals surface area contributed by atoms with Gasteiger partial charge < -0.3 is 9.64 Å². The van der Waals surface area contributed by atoms with Crippen molar-refractivity contribution in [1.82, 2.24) is 14.0 Å². The van der Waals surface area contributed by atoms with Gasteiger partial charge in [0.2, 0.25) is 0 Å². The number of hydrogen-bond donors (Lipinski definition) is 0. The average Bonchev–Trinajstić information content (AvgIpc) is 2.68. The number of anilines is 1. The van der Waals surface area contributed by atoms with E-state index in [1.807, 2.05) is 6.07 Å². The molecule has 0 amide bonds. The molecule has 1 aromatic carbocycles. The molecule has 27 heavy (non-hydrogen) atoms. The van der Waals surface area contributed by atoms with Crippen molar-refractivity contribution in [2.45, 2.75) is 6.42 Å². The topological polar surface area (TPSA) is 59.7 Å². The van der Waals surface area contributed by atoms with Gasteiger partial charge in [0.25, 0.3) is 5.56 Å². The van der Waals surface area contributed by atoms with E-state index >= 15 is 0 Å². The molecule has 0 aliphatic carbocycles. The molecule has 1 aromatic heterocycles. The summed E-state index contributed by atoms with van der Waals surface area (Å²) < 4.78 is 21.3. The van der Waals surface area contributed by atoms with Crippen LogP contribution in [-0.2, 0) is 20.5 Å². The Morgan fingerprint density at radius 2 is 1.74 bits per heavy atom. The zero-order valence-electron chi connectivity index (χ0n) is 15.9. The molecule has 1 fully saturated rings. The third kappa shape index (κ3) is 4.05. The Labute approximate surface area is 157 Å². The fourth-order valence-corrected chi connectivity index (χ4v) is 3.38. The lowest BCUT2D eigenvalue weighted by Gasteiger charge is -2.36. The first-order valence-corrected chi connectivity index (χ1v) is 8.97. The van der Waals surface area contributed by atoms with Gasteiger partial charge in [-0.1, -0.05) is 6.07 Å². The molecule has 0 atom stereocenters.